The first-order valence-corrected chi connectivity index (χ1v) is 54.7. The molecule has 10 bridgehead atoms. The molecule has 16 aliphatic rings. The zero-order valence-corrected chi connectivity index (χ0v) is 87.6. The Hall–Kier alpha value is -3.55. The molecule has 0 spiro atoms. The van der Waals surface area contributed by atoms with E-state index in [1.807, 2.05) is 52.0 Å². The molecular weight excluding hydrogens is 1720 g/mol. The molecule has 16 fully saturated rings. The van der Waals surface area contributed by atoms with Crippen molar-refractivity contribution in [3.8, 4) is 0 Å². The number of ketones is 5. The maximum Gasteiger partial charge on any atom is 0.316 e. The molecule has 14 saturated carbocycles. The van der Waals surface area contributed by atoms with Crippen LogP contribution in [0.15, 0.2) is 50.6 Å². The van der Waals surface area contributed by atoms with E-state index in [1.54, 1.807) is 11.8 Å². The van der Waals surface area contributed by atoms with Gasteiger partial charge in [-0.3, -0.25) is 38.4 Å². The van der Waals surface area contributed by atoms with Crippen LogP contribution in [0.25, 0.3) is 0 Å². The minimum atomic E-state index is -0.665. The second-order valence-corrected chi connectivity index (χ2v) is 53.6. The predicted molar refractivity (Wildman–Crippen MR) is 529 cm³/mol. The molecule has 39 atom stereocenters. The van der Waals surface area contributed by atoms with Gasteiger partial charge >= 0.3 is 17.9 Å². The number of aliphatic hydroxyl groups is 6. The fourth-order valence-electron chi connectivity index (χ4n) is 31.7. The minimum absolute atomic E-state index is 0.00292. The van der Waals surface area contributed by atoms with Gasteiger partial charge in [0.05, 0.1) is 53.9 Å². The largest absolute Gasteiger partial charge is 0.461 e. The van der Waals surface area contributed by atoms with E-state index in [4.69, 9.17) is 19.9 Å². The molecule has 14 aliphatic carbocycles. The van der Waals surface area contributed by atoms with Crippen molar-refractivity contribution in [2.24, 2.45) is 154 Å². The molecule has 0 aromatic carbocycles. The second-order valence-electron chi connectivity index (χ2n) is 49.4. The Morgan fingerprint density at radius 1 is 0.455 bits per heavy atom. The third kappa shape index (κ3) is 18.6. The molecule has 0 aromatic heterocycles. The number of aliphatic hydroxyl groups excluding tert-OH is 6. The van der Waals surface area contributed by atoms with Gasteiger partial charge in [0.2, 0.25) is 0 Å². The maximum absolute atomic E-state index is 13.5. The molecule has 2 aliphatic heterocycles. The van der Waals surface area contributed by atoms with Crippen LogP contribution in [0, 0.1) is 148 Å². The first-order valence-electron chi connectivity index (χ1n) is 51.6. The Bertz CT molecular complexity index is 4260. The van der Waals surface area contributed by atoms with Gasteiger partial charge in [0.15, 0.2) is 0 Å². The van der Waals surface area contributed by atoms with E-state index in [0.717, 1.165) is 103 Å². The lowest BCUT2D eigenvalue weighted by molar-refractivity contribution is -0.205. The van der Waals surface area contributed by atoms with Gasteiger partial charge in [-0.2, -0.15) is 0 Å². The summed E-state index contributed by atoms with van der Waals surface area (Å²) in [5.41, 5.74) is 0.854. The Kier molecular flexibility index (Phi) is 32.3. The molecule has 0 amide bonds. The van der Waals surface area contributed by atoms with Crippen molar-refractivity contribution < 1.29 is 83.2 Å². The van der Waals surface area contributed by atoms with Crippen LogP contribution in [0.2, 0.25) is 0 Å². The molecule has 5 unspecified atom stereocenters. The van der Waals surface area contributed by atoms with Gasteiger partial charge in [-0.15, -0.1) is 61.6 Å². The first-order chi connectivity index (χ1) is 61.4. The van der Waals surface area contributed by atoms with Gasteiger partial charge in [0.25, 0.3) is 0 Å². The lowest BCUT2D eigenvalue weighted by Crippen LogP contribution is -2.63. The van der Waals surface area contributed by atoms with Crippen molar-refractivity contribution in [3.05, 3.63) is 50.6 Å². The van der Waals surface area contributed by atoms with E-state index >= 15 is 0 Å². The summed E-state index contributed by atoms with van der Waals surface area (Å²) in [4.78, 5) is 108. The fourth-order valence-corrected chi connectivity index (χ4v) is 34.7. The molecule has 2 heterocycles. The van der Waals surface area contributed by atoms with Crippen LogP contribution < -0.4 is 5.73 Å². The van der Waals surface area contributed by atoms with Crippen LogP contribution >= 0.6 is 35.3 Å². The molecule has 8 N–H and O–H groups in total. The Labute approximate surface area is 807 Å². The molecule has 132 heavy (non-hydrogen) atoms. The highest BCUT2D eigenvalue weighted by molar-refractivity contribution is 8.01. The second kappa shape index (κ2) is 39.7. The summed E-state index contributed by atoms with van der Waals surface area (Å²) in [7, 11) is 2.21. The number of piperidine rings is 1. The molecule has 0 radical (unpaired) electrons. The van der Waals surface area contributed by atoms with Crippen molar-refractivity contribution in [2.75, 3.05) is 24.3 Å². The summed E-state index contributed by atoms with van der Waals surface area (Å²) < 4.78 is 18.8. The molecule has 0 aromatic rings. The standard InChI is InChI=1S/C33H54O5S.C29H45NO4S.C28H45NO5S.C20H32O3/c1-11-31(9)18-26(38-27(36)19-39-30(7,8)15-13-24(34)22(5)20(2)3)32(10)21(4)12-16-33(23(6)29(31)37)17-14-25(35)28(32)33;1-7-27(4)15-23(34-24(32)16-35-21-13-19-12-20(14-21)30(19)6)28(5)17(2)8-10-29(18(3)26(27)33)11-9-22(31)25(28)29;1-6-26(4)14-22(34-23(32)15-35-21-8-7-18(29)13-20(21)31)27(5)16(2)9-11-28(17(3)25(26)33)12-10-19(30)24(27)28;1-6-18(4)11-15(22)19(5)12(2)7-9-20(13(3)17(18)23)10-8-14(21)16(19)20/h11,20-23,26,28-29,37H,1,12-19H2,2-10H3;7,17-21,23,25-26,33H,1,8-16H2,2-6H3;6,16-18,20-22,24-25,31,33H,1,7-15,29H2,2-5H3;6,12-13,15-17,22-23H,1,7-11H2,2-5H3/t21-,22?,23+,26-,28+,29+,31-,32+,33+;17-,18+,19-,20+,21?,23-,25+,26+,27-,28+,29+;16-,17+,18?,20?,21?,22-,24+,25+,26-,27+,28+;12-,13+,15-,16+,17+,18-,19+,20+/m1111/s1. The molecule has 2 saturated heterocycles. The van der Waals surface area contributed by atoms with Crippen molar-refractivity contribution in [3.63, 3.8) is 0 Å². The Balaban J connectivity index is 0.000000161. The molecule has 16 rings (SSSR count). The normalized spacial score (nSPS) is 48.5. The van der Waals surface area contributed by atoms with E-state index in [2.05, 4.69) is 156 Å². The number of rotatable bonds is 21. The van der Waals surface area contributed by atoms with E-state index in [-0.39, 0.29) is 155 Å². The Morgan fingerprint density at radius 2 is 0.773 bits per heavy atom. The number of thioether (sulfide) groups is 3. The summed E-state index contributed by atoms with van der Waals surface area (Å²) in [6, 6.07) is 1.37. The van der Waals surface area contributed by atoms with Gasteiger partial charge < -0.3 is 55.5 Å². The topological polar surface area (TPSA) is 315 Å². The monoisotopic (exact) mass is 1890 g/mol. The van der Waals surface area contributed by atoms with Crippen LogP contribution in [-0.4, -0.2) is 195 Å². The quantitative estimate of drug-likeness (QED) is 0.0319. The van der Waals surface area contributed by atoms with E-state index in [1.165, 1.54) is 29.9 Å². The number of ether oxygens (including phenoxy) is 3. The van der Waals surface area contributed by atoms with Gasteiger partial charge in [-0.1, -0.05) is 170 Å². The third-order valence-electron chi connectivity index (χ3n) is 42.5. The van der Waals surface area contributed by atoms with Crippen molar-refractivity contribution in [1.29, 1.82) is 0 Å². The zero-order valence-electron chi connectivity index (χ0n) is 85.1. The van der Waals surface area contributed by atoms with Gasteiger partial charge in [0, 0.05) is 138 Å². The van der Waals surface area contributed by atoms with Gasteiger partial charge in [0.1, 0.15) is 47.2 Å². The van der Waals surface area contributed by atoms with Crippen molar-refractivity contribution in [2.45, 2.75) is 413 Å². The molecular formula is C110H176N2O17S3. The molecule has 22 heteroatoms. The summed E-state index contributed by atoms with van der Waals surface area (Å²) in [5.74, 6) is 1.96. The van der Waals surface area contributed by atoms with E-state index in [9.17, 15) is 69.0 Å². The first kappa shape index (κ1) is 107. The lowest BCUT2D eigenvalue weighted by Gasteiger charge is -2.61. The third-order valence-corrected chi connectivity index (χ3v) is 46.5. The number of nitrogens with two attached hydrogens (primary N) is 1. The Morgan fingerprint density at radius 3 is 1.10 bits per heavy atom. The number of hydrogen-bond donors (Lipinski definition) is 7. The highest BCUT2D eigenvalue weighted by atomic mass is 32.2. The fraction of sp³-hybridized carbons (Fsp3) is 0.855. The minimum Gasteiger partial charge on any atom is -0.461 e. The maximum atomic E-state index is 13.5. The number of carbonyl (C=O) groups is 8. The zero-order chi connectivity index (χ0) is 97.9. The van der Waals surface area contributed by atoms with Crippen LogP contribution in [0.1, 0.15) is 325 Å². The summed E-state index contributed by atoms with van der Waals surface area (Å²) in [6.07, 6.45) is 24.5. The van der Waals surface area contributed by atoms with Gasteiger partial charge in [-0.05, 0) is 230 Å². The molecule has 19 nitrogen and oxygen atoms in total. The summed E-state index contributed by atoms with van der Waals surface area (Å²) in [6.45, 7) is 60.6. The van der Waals surface area contributed by atoms with E-state index in [0.29, 0.717) is 117 Å². The predicted octanol–water partition coefficient (Wildman–Crippen LogP) is 19.1. The summed E-state index contributed by atoms with van der Waals surface area (Å²) in [5, 5.41) is 68.1. The highest BCUT2D eigenvalue weighted by Crippen LogP contribution is 2.73. The smallest absolute Gasteiger partial charge is 0.316 e. The number of fused-ring (bicyclic) bond motifs is 2. The van der Waals surface area contributed by atoms with Crippen LogP contribution in [-0.2, 0) is 52.6 Å². The van der Waals surface area contributed by atoms with Crippen LogP contribution in [0.3, 0.4) is 0 Å². The lowest BCUT2D eigenvalue weighted by atomic mass is 9.44. The number of nitrogens with zero attached hydrogens (tertiary/aromatic N) is 1. The highest BCUT2D eigenvalue weighted by Gasteiger charge is 2.74. The number of esters is 3. The number of Topliss-reactive ketones (excluding diaryl/α,β-unsaturated/α-hetero) is 5. The summed E-state index contributed by atoms with van der Waals surface area (Å²) >= 11 is 4.73. The van der Waals surface area contributed by atoms with Crippen molar-refractivity contribution >= 4 is 82.1 Å². The number of carbonyl (C=O) groups excluding carboxylic acids is 8. The van der Waals surface area contributed by atoms with E-state index < -0.39 is 98.3 Å². The number of hydrogen-bond acceptors (Lipinski definition) is 22. The SMILES string of the molecule is C=C[C@]1(C)C[C@@H](O)[C@]2(C)[C@H](C)CC[C@]3(CCC(=O)[C@H]32)[C@@H](C)[C@@H]1O.C=C[C@]1(C)C[C@@H](OC(=O)CSC(C)(C)CCC(=O)C(C)C(C)C)[C@]2(C)[C@H](C)CC[C@]3(CCC(=O)[C@H]32)[C@@H](C)[C@@H]1O.C=C[C@]1(C)C[C@@H](OC(=O)CSC2CCC(N)CC2O)[C@]2(C)[C@H](C)CC[C@]3(CCC(=O)[C@H]32)[C@@H](C)[C@@H]1O.C=C[C@]1(C)C[C@@H](OC(=O)CSC2C[C@@H]3C[C@H](C2)N3C)[C@]2(C)[C@H](C)CC[C@]3(CCC(=O)[C@H]32)[C@@H](C)[C@@H]1O. The van der Waals surface area contributed by atoms with Gasteiger partial charge in [-0.25, -0.2) is 0 Å². The average molecular weight is 1890 g/mol. The average Bonchev–Trinajstić information content (AvgIpc) is 1.50. The molecule has 746 valence electrons. The van der Waals surface area contributed by atoms with Crippen molar-refractivity contribution in [1.82, 2.24) is 4.90 Å². The van der Waals surface area contributed by atoms with Crippen LogP contribution in [0.5, 0.6) is 0 Å². The van der Waals surface area contributed by atoms with Crippen LogP contribution in [0.4, 0.5) is 0 Å².